The van der Waals surface area contributed by atoms with E-state index in [1.54, 1.807) is 11.3 Å². The summed E-state index contributed by atoms with van der Waals surface area (Å²) in [7, 11) is 0. The van der Waals surface area contributed by atoms with E-state index >= 15 is 0 Å². The van der Waals surface area contributed by atoms with Crippen molar-refractivity contribution >= 4 is 41.3 Å². The van der Waals surface area contributed by atoms with Crippen LogP contribution >= 0.6 is 35.3 Å². The monoisotopic (exact) mass is 480 g/mol. The zero-order valence-electron chi connectivity index (χ0n) is 14.3. The van der Waals surface area contributed by atoms with E-state index in [4.69, 9.17) is 0 Å². The van der Waals surface area contributed by atoms with Gasteiger partial charge in [0.25, 0.3) is 0 Å². The zero-order valence-corrected chi connectivity index (χ0v) is 17.5. The standard InChI is InChI=1S/C17H22F2N4S.HI/c1-3-20-17(21-8-4-5-16-23-12(2)11-24-16)22-10-13-9-14(18)6-7-15(13)19;/h6-7,9,11H,3-5,8,10H2,1-2H3,(H2,20,21,22);1H. The van der Waals surface area contributed by atoms with Gasteiger partial charge in [-0.05, 0) is 38.5 Å². The largest absolute Gasteiger partial charge is 0.357 e. The van der Waals surface area contributed by atoms with Crippen LogP contribution < -0.4 is 10.6 Å². The second-order valence-corrected chi connectivity index (χ2v) is 6.29. The van der Waals surface area contributed by atoms with E-state index in [9.17, 15) is 8.78 Å². The molecule has 0 spiro atoms. The van der Waals surface area contributed by atoms with Crippen LogP contribution in [0.1, 0.15) is 29.6 Å². The van der Waals surface area contributed by atoms with Crippen LogP contribution in [0.2, 0.25) is 0 Å². The number of aliphatic imine (C=N–C) groups is 1. The Morgan fingerprint density at radius 1 is 1.28 bits per heavy atom. The van der Waals surface area contributed by atoms with E-state index < -0.39 is 11.6 Å². The normalized spacial score (nSPS) is 11.1. The first-order valence-electron chi connectivity index (χ1n) is 7.95. The molecule has 0 radical (unpaired) electrons. The van der Waals surface area contributed by atoms with Crippen LogP contribution in [0, 0.1) is 18.6 Å². The molecular weight excluding hydrogens is 457 g/mol. The van der Waals surface area contributed by atoms with Crippen molar-refractivity contribution in [3.63, 3.8) is 0 Å². The molecule has 0 bridgehead atoms. The lowest BCUT2D eigenvalue weighted by Crippen LogP contribution is -2.37. The first-order chi connectivity index (χ1) is 11.6. The maximum atomic E-state index is 13.6. The number of hydrogen-bond donors (Lipinski definition) is 2. The molecule has 0 saturated heterocycles. The van der Waals surface area contributed by atoms with E-state index in [1.165, 1.54) is 6.07 Å². The molecule has 1 heterocycles. The smallest absolute Gasteiger partial charge is 0.191 e. The first-order valence-corrected chi connectivity index (χ1v) is 8.83. The zero-order chi connectivity index (χ0) is 17.4. The summed E-state index contributed by atoms with van der Waals surface area (Å²) >= 11 is 1.67. The summed E-state index contributed by atoms with van der Waals surface area (Å²) in [6.45, 7) is 5.46. The molecule has 2 aromatic rings. The third-order valence-corrected chi connectivity index (χ3v) is 4.31. The highest BCUT2D eigenvalue weighted by Gasteiger charge is 2.04. The molecule has 0 aliphatic carbocycles. The highest BCUT2D eigenvalue weighted by molar-refractivity contribution is 14.0. The molecule has 2 N–H and O–H groups in total. The summed E-state index contributed by atoms with van der Waals surface area (Å²) in [6, 6.07) is 3.40. The number of thiazole rings is 1. The predicted octanol–water partition coefficient (Wildman–Crippen LogP) is 4.04. The molecule has 0 aliphatic rings. The summed E-state index contributed by atoms with van der Waals surface area (Å²) in [5.41, 5.74) is 1.29. The molecular formula is C17H23F2IN4S. The fourth-order valence-corrected chi connectivity index (χ4v) is 2.95. The quantitative estimate of drug-likeness (QED) is 0.272. The Kier molecular flexibility index (Phi) is 9.88. The minimum absolute atomic E-state index is 0. The Morgan fingerprint density at radius 3 is 2.76 bits per heavy atom. The maximum absolute atomic E-state index is 13.6. The van der Waals surface area contributed by atoms with Crippen molar-refractivity contribution in [2.75, 3.05) is 13.1 Å². The number of aryl methyl sites for hydroxylation is 2. The average molecular weight is 480 g/mol. The van der Waals surface area contributed by atoms with Gasteiger partial charge >= 0.3 is 0 Å². The highest BCUT2D eigenvalue weighted by atomic mass is 127. The van der Waals surface area contributed by atoms with Crippen molar-refractivity contribution in [1.29, 1.82) is 0 Å². The number of nitrogens with one attached hydrogen (secondary N) is 2. The van der Waals surface area contributed by atoms with Crippen molar-refractivity contribution in [2.45, 2.75) is 33.2 Å². The van der Waals surface area contributed by atoms with Crippen LogP contribution in [-0.2, 0) is 13.0 Å². The van der Waals surface area contributed by atoms with Crippen molar-refractivity contribution in [1.82, 2.24) is 15.6 Å². The molecule has 0 unspecified atom stereocenters. The van der Waals surface area contributed by atoms with Crippen molar-refractivity contribution < 1.29 is 8.78 Å². The minimum Gasteiger partial charge on any atom is -0.357 e. The molecule has 0 aliphatic heterocycles. The van der Waals surface area contributed by atoms with Crippen LogP contribution in [0.15, 0.2) is 28.6 Å². The van der Waals surface area contributed by atoms with Gasteiger partial charge in [-0.15, -0.1) is 35.3 Å². The van der Waals surface area contributed by atoms with Crippen LogP contribution in [0.25, 0.3) is 0 Å². The molecule has 1 aromatic heterocycles. The predicted molar refractivity (Wildman–Crippen MR) is 110 cm³/mol. The fraction of sp³-hybridized carbons (Fsp3) is 0.412. The van der Waals surface area contributed by atoms with E-state index in [0.29, 0.717) is 12.5 Å². The van der Waals surface area contributed by atoms with Crippen molar-refractivity contribution in [2.24, 2.45) is 4.99 Å². The van der Waals surface area contributed by atoms with Crippen LogP contribution in [-0.4, -0.2) is 24.0 Å². The number of hydrogen-bond acceptors (Lipinski definition) is 3. The summed E-state index contributed by atoms with van der Waals surface area (Å²) in [5, 5.41) is 9.47. The third kappa shape index (κ3) is 7.64. The van der Waals surface area contributed by atoms with Gasteiger partial charge in [-0.2, -0.15) is 0 Å². The molecule has 0 fully saturated rings. The molecule has 2 rings (SSSR count). The van der Waals surface area contributed by atoms with Gasteiger partial charge in [0.15, 0.2) is 5.96 Å². The Labute approximate surface area is 168 Å². The summed E-state index contributed by atoms with van der Waals surface area (Å²) in [5.74, 6) is -0.315. The third-order valence-electron chi connectivity index (χ3n) is 3.29. The number of aromatic nitrogens is 1. The molecule has 8 heteroatoms. The number of rotatable bonds is 7. The van der Waals surface area contributed by atoms with Crippen LogP contribution in [0.4, 0.5) is 8.78 Å². The topological polar surface area (TPSA) is 49.3 Å². The molecule has 4 nitrogen and oxygen atoms in total. The van der Waals surface area contributed by atoms with Gasteiger partial charge in [-0.3, -0.25) is 0 Å². The van der Waals surface area contributed by atoms with Gasteiger partial charge in [0.1, 0.15) is 11.6 Å². The van der Waals surface area contributed by atoms with Crippen LogP contribution in [0.5, 0.6) is 0 Å². The molecule has 25 heavy (non-hydrogen) atoms. The van der Waals surface area contributed by atoms with Gasteiger partial charge in [-0.1, -0.05) is 0 Å². The lowest BCUT2D eigenvalue weighted by Gasteiger charge is -2.11. The second kappa shape index (κ2) is 11.3. The second-order valence-electron chi connectivity index (χ2n) is 5.34. The van der Waals surface area contributed by atoms with Crippen LogP contribution in [0.3, 0.4) is 0 Å². The van der Waals surface area contributed by atoms with E-state index in [1.807, 2.05) is 19.2 Å². The fourth-order valence-electron chi connectivity index (χ4n) is 2.13. The molecule has 0 amide bonds. The SMILES string of the molecule is CCNC(=NCc1cc(F)ccc1F)NCCCc1nc(C)cs1.I. The number of halogens is 3. The molecule has 0 saturated carbocycles. The Bertz CT molecular complexity index is 691. The highest BCUT2D eigenvalue weighted by Crippen LogP contribution is 2.11. The van der Waals surface area contributed by atoms with E-state index in [0.717, 1.165) is 42.2 Å². The number of nitrogens with zero attached hydrogens (tertiary/aromatic N) is 2. The van der Waals surface area contributed by atoms with E-state index in [2.05, 4.69) is 20.6 Å². The Hall–Kier alpha value is -1.29. The summed E-state index contributed by atoms with van der Waals surface area (Å²) in [4.78, 5) is 8.73. The van der Waals surface area contributed by atoms with Gasteiger partial charge in [0.2, 0.25) is 0 Å². The van der Waals surface area contributed by atoms with Crippen molar-refractivity contribution in [3.05, 3.63) is 51.5 Å². The molecule has 138 valence electrons. The number of guanidine groups is 1. The lowest BCUT2D eigenvalue weighted by atomic mass is 10.2. The van der Waals surface area contributed by atoms with Crippen molar-refractivity contribution in [3.8, 4) is 0 Å². The molecule has 0 atom stereocenters. The van der Waals surface area contributed by atoms with E-state index in [-0.39, 0.29) is 36.1 Å². The lowest BCUT2D eigenvalue weighted by molar-refractivity contribution is 0.585. The Balaban J connectivity index is 0.00000312. The number of benzene rings is 1. The van der Waals surface area contributed by atoms with Gasteiger partial charge in [0.05, 0.1) is 11.6 Å². The summed E-state index contributed by atoms with van der Waals surface area (Å²) < 4.78 is 26.8. The first kappa shape index (κ1) is 21.8. The van der Waals surface area contributed by atoms with Gasteiger partial charge in [0, 0.05) is 36.1 Å². The maximum Gasteiger partial charge on any atom is 0.191 e. The molecule has 1 aromatic carbocycles. The average Bonchev–Trinajstić information content (AvgIpc) is 2.97. The Morgan fingerprint density at radius 2 is 2.08 bits per heavy atom. The van der Waals surface area contributed by atoms with Gasteiger partial charge in [-0.25, -0.2) is 18.8 Å². The minimum atomic E-state index is -0.460. The summed E-state index contributed by atoms with van der Waals surface area (Å²) in [6.07, 6.45) is 1.83. The van der Waals surface area contributed by atoms with Gasteiger partial charge < -0.3 is 10.6 Å².